The third-order valence-corrected chi connectivity index (χ3v) is 4.51. The summed E-state index contributed by atoms with van der Waals surface area (Å²) in [6.45, 7) is 5.21. The predicted octanol–water partition coefficient (Wildman–Crippen LogP) is 4.68. The molecule has 0 radical (unpaired) electrons. The fraction of sp³-hybridized carbons (Fsp3) is 0.217. The molecule has 144 valence electrons. The van der Waals surface area contributed by atoms with Crippen LogP contribution in [0.5, 0.6) is 5.75 Å². The van der Waals surface area contributed by atoms with Gasteiger partial charge in [-0.2, -0.15) is 0 Å². The number of rotatable bonds is 7. The molecule has 0 aliphatic rings. The number of methoxy groups -OCH3 is 1. The maximum atomic E-state index is 13.0. The van der Waals surface area contributed by atoms with Crippen LogP contribution in [0.15, 0.2) is 66.9 Å². The number of carbonyl (C=O) groups is 1. The van der Waals surface area contributed by atoms with Crippen LogP contribution in [-0.4, -0.2) is 24.5 Å². The van der Waals surface area contributed by atoms with E-state index in [2.05, 4.69) is 10.3 Å². The molecule has 28 heavy (non-hydrogen) atoms. The van der Waals surface area contributed by atoms with Crippen LogP contribution in [-0.2, 0) is 6.54 Å². The first-order chi connectivity index (χ1) is 13.6. The fourth-order valence-corrected chi connectivity index (χ4v) is 2.98. The van der Waals surface area contributed by atoms with Gasteiger partial charge in [0.1, 0.15) is 11.4 Å². The second kappa shape index (κ2) is 9.04. The number of carbonyl (C=O) groups excluding carboxylic acids is 1. The molecule has 5 nitrogen and oxygen atoms in total. The Morgan fingerprint density at radius 3 is 2.57 bits per heavy atom. The van der Waals surface area contributed by atoms with Crippen molar-refractivity contribution in [3.05, 3.63) is 83.7 Å². The molecule has 3 rings (SSSR count). The van der Waals surface area contributed by atoms with E-state index in [0.29, 0.717) is 18.8 Å². The van der Waals surface area contributed by atoms with Gasteiger partial charge in [0.15, 0.2) is 0 Å². The van der Waals surface area contributed by atoms with Crippen LogP contribution in [0, 0.1) is 6.92 Å². The van der Waals surface area contributed by atoms with Crippen LogP contribution in [0.4, 0.5) is 11.4 Å². The lowest BCUT2D eigenvalue weighted by molar-refractivity contribution is 0.0983. The molecule has 0 unspecified atom stereocenters. The summed E-state index contributed by atoms with van der Waals surface area (Å²) >= 11 is 0. The van der Waals surface area contributed by atoms with Crippen LogP contribution in [0.25, 0.3) is 0 Å². The number of benzene rings is 2. The van der Waals surface area contributed by atoms with Crippen LogP contribution in [0.2, 0.25) is 0 Å². The van der Waals surface area contributed by atoms with Crippen molar-refractivity contribution in [3.8, 4) is 5.75 Å². The lowest BCUT2D eigenvalue weighted by Crippen LogP contribution is -2.31. The molecule has 1 amide bonds. The number of pyridine rings is 1. The highest BCUT2D eigenvalue weighted by molar-refractivity contribution is 6.05. The standard InChI is InChI=1S/C23H25N3O2/c1-4-26(20-7-5-6-17(2)14-20)23(27)22-15-19(12-13-24-22)25-16-18-8-10-21(28-3)11-9-18/h5-15H,4,16H2,1-3H3,(H,24,25). The highest BCUT2D eigenvalue weighted by Crippen LogP contribution is 2.19. The lowest BCUT2D eigenvalue weighted by atomic mass is 10.2. The number of anilines is 2. The first-order valence-corrected chi connectivity index (χ1v) is 9.32. The summed E-state index contributed by atoms with van der Waals surface area (Å²) in [6.07, 6.45) is 1.66. The molecule has 0 aliphatic carbocycles. The summed E-state index contributed by atoms with van der Waals surface area (Å²) in [7, 11) is 1.65. The molecule has 0 saturated heterocycles. The van der Waals surface area contributed by atoms with Crippen molar-refractivity contribution in [1.82, 2.24) is 4.98 Å². The molecule has 1 heterocycles. The van der Waals surface area contributed by atoms with Crippen molar-refractivity contribution in [2.75, 3.05) is 23.9 Å². The molecule has 0 spiro atoms. The summed E-state index contributed by atoms with van der Waals surface area (Å²) < 4.78 is 5.18. The van der Waals surface area contributed by atoms with E-state index < -0.39 is 0 Å². The van der Waals surface area contributed by atoms with E-state index in [1.165, 1.54) is 0 Å². The van der Waals surface area contributed by atoms with E-state index in [-0.39, 0.29) is 5.91 Å². The molecular weight excluding hydrogens is 350 g/mol. The average molecular weight is 375 g/mol. The number of amides is 1. The summed E-state index contributed by atoms with van der Waals surface area (Å²) in [5.74, 6) is 0.720. The van der Waals surface area contributed by atoms with Gasteiger partial charge in [-0.05, 0) is 61.4 Å². The molecule has 1 aromatic heterocycles. The number of aryl methyl sites for hydroxylation is 1. The molecular formula is C23H25N3O2. The predicted molar refractivity (Wildman–Crippen MR) is 113 cm³/mol. The zero-order chi connectivity index (χ0) is 19.9. The summed E-state index contributed by atoms with van der Waals surface area (Å²) in [6, 6.07) is 19.5. The van der Waals surface area contributed by atoms with Crippen LogP contribution >= 0.6 is 0 Å². The Morgan fingerprint density at radius 2 is 1.89 bits per heavy atom. The number of nitrogens with zero attached hydrogens (tertiary/aromatic N) is 2. The van der Waals surface area contributed by atoms with E-state index >= 15 is 0 Å². The van der Waals surface area contributed by atoms with Crippen molar-refractivity contribution >= 4 is 17.3 Å². The number of hydrogen-bond donors (Lipinski definition) is 1. The van der Waals surface area contributed by atoms with Crippen molar-refractivity contribution in [2.45, 2.75) is 20.4 Å². The second-order valence-corrected chi connectivity index (χ2v) is 6.52. The second-order valence-electron chi connectivity index (χ2n) is 6.52. The zero-order valence-corrected chi connectivity index (χ0v) is 16.5. The molecule has 2 aromatic carbocycles. The Morgan fingerprint density at radius 1 is 1.11 bits per heavy atom. The van der Waals surface area contributed by atoms with Crippen molar-refractivity contribution in [3.63, 3.8) is 0 Å². The molecule has 0 bridgehead atoms. The van der Waals surface area contributed by atoms with Gasteiger partial charge >= 0.3 is 0 Å². The number of ether oxygens (including phenoxy) is 1. The van der Waals surface area contributed by atoms with Crippen molar-refractivity contribution in [1.29, 1.82) is 0 Å². The Kier molecular flexibility index (Phi) is 6.27. The maximum Gasteiger partial charge on any atom is 0.276 e. The fourth-order valence-electron chi connectivity index (χ4n) is 2.98. The largest absolute Gasteiger partial charge is 0.497 e. The molecule has 3 aromatic rings. The van der Waals surface area contributed by atoms with E-state index in [1.807, 2.05) is 68.4 Å². The van der Waals surface area contributed by atoms with Crippen LogP contribution < -0.4 is 15.0 Å². The summed E-state index contributed by atoms with van der Waals surface area (Å²) in [5, 5.41) is 3.35. The SMILES string of the molecule is CCN(C(=O)c1cc(NCc2ccc(OC)cc2)ccn1)c1cccc(C)c1. The molecule has 0 saturated carbocycles. The minimum absolute atomic E-state index is 0.110. The van der Waals surface area contributed by atoms with E-state index in [0.717, 1.165) is 28.3 Å². The highest BCUT2D eigenvalue weighted by Gasteiger charge is 2.17. The molecule has 5 heteroatoms. The van der Waals surface area contributed by atoms with Gasteiger partial charge in [0, 0.05) is 30.7 Å². The van der Waals surface area contributed by atoms with Gasteiger partial charge in [-0.15, -0.1) is 0 Å². The monoisotopic (exact) mass is 375 g/mol. The Bertz CT molecular complexity index is 939. The zero-order valence-electron chi connectivity index (χ0n) is 16.5. The van der Waals surface area contributed by atoms with Gasteiger partial charge in [-0.1, -0.05) is 24.3 Å². The first-order valence-electron chi connectivity index (χ1n) is 9.32. The van der Waals surface area contributed by atoms with Crippen molar-refractivity contribution in [2.24, 2.45) is 0 Å². The van der Waals surface area contributed by atoms with E-state index in [9.17, 15) is 4.79 Å². The van der Waals surface area contributed by atoms with E-state index in [4.69, 9.17) is 4.74 Å². The minimum atomic E-state index is -0.110. The Hall–Kier alpha value is -3.34. The minimum Gasteiger partial charge on any atom is -0.497 e. The molecule has 1 N–H and O–H groups in total. The Balaban J connectivity index is 1.73. The van der Waals surface area contributed by atoms with Gasteiger partial charge < -0.3 is 15.0 Å². The third kappa shape index (κ3) is 4.68. The maximum absolute atomic E-state index is 13.0. The summed E-state index contributed by atoms with van der Waals surface area (Å²) in [4.78, 5) is 19.0. The average Bonchev–Trinajstić information content (AvgIpc) is 2.73. The summed E-state index contributed by atoms with van der Waals surface area (Å²) in [5.41, 5.74) is 4.40. The van der Waals surface area contributed by atoms with Crippen molar-refractivity contribution < 1.29 is 9.53 Å². The number of nitrogens with one attached hydrogen (secondary N) is 1. The number of aromatic nitrogens is 1. The molecule has 0 aliphatic heterocycles. The van der Waals surface area contributed by atoms with Crippen LogP contribution in [0.1, 0.15) is 28.5 Å². The van der Waals surface area contributed by atoms with Gasteiger partial charge in [-0.3, -0.25) is 9.78 Å². The van der Waals surface area contributed by atoms with Crippen LogP contribution in [0.3, 0.4) is 0 Å². The van der Waals surface area contributed by atoms with Gasteiger partial charge in [0.2, 0.25) is 0 Å². The topological polar surface area (TPSA) is 54.5 Å². The quantitative estimate of drug-likeness (QED) is 0.652. The normalized spacial score (nSPS) is 10.4. The third-order valence-electron chi connectivity index (χ3n) is 4.51. The van der Waals surface area contributed by atoms with Gasteiger partial charge in [0.05, 0.1) is 7.11 Å². The Labute approximate surface area is 166 Å². The lowest BCUT2D eigenvalue weighted by Gasteiger charge is -2.21. The number of hydrogen-bond acceptors (Lipinski definition) is 4. The van der Waals surface area contributed by atoms with Gasteiger partial charge in [0.25, 0.3) is 5.91 Å². The van der Waals surface area contributed by atoms with Gasteiger partial charge in [-0.25, -0.2) is 0 Å². The molecule has 0 atom stereocenters. The van der Waals surface area contributed by atoms with E-state index in [1.54, 1.807) is 24.3 Å². The first kappa shape index (κ1) is 19.4. The molecule has 0 fully saturated rings. The smallest absolute Gasteiger partial charge is 0.276 e. The highest BCUT2D eigenvalue weighted by atomic mass is 16.5.